The monoisotopic (exact) mass is 435 g/mol. The number of aromatic nitrogens is 1. The molecule has 0 saturated carbocycles. The van der Waals surface area contributed by atoms with E-state index in [4.69, 9.17) is 0 Å². The minimum atomic E-state index is -0.348. The highest BCUT2D eigenvalue weighted by Crippen LogP contribution is 2.62. The maximum Gasteiger partial charge on any atom is 0.0719 e. The van der Waals surface area contributed by atoms with Gasteiger partial charge in [-0.1, -0.05) is 105 Å². The Morgan fingerprint density at radius 1 is 0.500 bits per heavy atom. The third-order valence-corrected chi connectivity index (χ3v) is 8.01. The van der Waals surface area contributed by atoms with Crippen molar-refractivity contribution in [2.45, 2.75) is 24.7 Å². The van der Waals surface area contributed by atoms with Crippen molar-refractivity contribution in [3.63, 3.8) is 0 Å². The van der Waals surface area contributed by atoms with Gasteiger partial charge in [-0.15, -0.1) is 0 Å². The van der Waals surface area contributed by atoms with E-state index >= 15 is 0 Å². The van der Waals surface area contributed by atoms with Gasteiger partial charge in [0.15, 0.2) is 0 Å². The average Bonchev–Trinajstić information content (AvgIpc) is 3.19. The maximum atomic E-state index is 4.68. The van der Waals surface area contributed by atoms with Crippen LogP contribution >= 0.6 is 0 Å². The van der Waals surface area contributed by atoms with Gasteiger partial charge in [0, 0.05) is 17.2 Å². The van der Waals surface area contributed by atoms with Crippen molar-refractivity contribution in [1.29, 1.82) is 0 Å². The van der Waals surface area contributed by atoms with E-state index in [1.165, 1.54) is 44.5 Å². The fraction of sp³-hybridized carbons (Fsp3) is 0.121. The molecule has 0 bridgehead atoms. The highest BCUT2D eigenvalue weighted by Gasteiger charge is 2.53. The number of nitrogens with zero attached hydrogens (tertiary/aromatic N) is 1. The molecule has 0 saturated heterocycles. The lowest BCUT2D eigenvalue weighted by Gasteiger charge is -2.46. The van der Waals surface area contributed by atoms with Crippen LogP contribution in [0.15, 0.2) is 115 Å². The summed E-state index contributed by atoms with van der Waals surface area (Å²) in [6, 6.07) is 40.2. The molecular formula is C33H25N. The smallest absolute Gasteiger partial charge is 0.0719 e. The van der Waals surface area contributed by atoms with Crippen LogP contribution in [0.5, 0.6) is 0 Å². The predicted octanol–water partition coefficient (Wildman–Crippen LogP) is 7.75. The summed E-state index contributed by atoms with van der Waals surface area (Å²) in [6.45, 7) is 4.73. The highest BCUT2D eigenvalue weighted by atomic mass is 14.7. The molecule has 34 heavy (non-hydrogen) atoms. The largest absolute Gasteiger partial charge is 0.256 e. The van der Waals surface area contributed by atoms with Gasteiger partial charge in [0.25, 0.3) is 0 Å². The van der Waals surface area contributed by atoms with Crippen molar-refractivity contribution in [3.05, 3.63) is 149 Å². The Morgan fingerprint density at radius 2 is 1.06 bits per heavy atom. The van der Waals surface area contributed by atoms with Crippen LogP contribution in [0.4, 0.5) is 0 Å². The fourth-order valence-electron chi connectivity index (χ4n) is 6.55. The molecule has 5 aromatic rings. The third kappa shape index (κ3) is 2.32. The summed E-state index contributed by atoms with van der Waals surface area (Å²) < 4.78 is 0. The van der Waals surface area contributed by atoms with Gasteiger partial charge in [-0.2, -0.15) is 0 Å². The molecule has 0 amide bonds. The first kappa shape index (κ1) is 19.5. The van der Waals surface area contributed by atoms with Gasteiger partial charge in [0.2, 0.25) is 0 Å². The van der Waals surface area contributed by atoms with Crippen LogP contribution in [0.2, 0.25) is 0 Å². The van der Waals surface area contributed by atoms with Crippen molar-refractivity contribution in [2.24, 2.45) is 0 Å². The number of rotatable bonds is 1. The first-order chi connectivity index (χ1) is 16.6. The normalized spacial score (nSPS) is 15.8. The first-order valence-corrected chi connectivity index (χ1v) is 12.0. The van der Waals surface area contributed by atoms with Gasteiger partial charge in [-0.05, 0) is 62.7 Å². The Hall–Kier alpha value is -3.97. The molecule has 1 spiro atoms. The lowest BCUT2D eigenvalue weighted by atomic mass is 9.55. The third-order valence-electron chi connectivity index (χ3n) is 8.01. The van der Waals surface area contributed by atoms with E-state index in [-0.39, 0.29) is 10.8 Å². The first-order valence-electron chi connectivity index (χ1n) is 12.0. The second kappa shape index (κ2) is 6.77. The zero-order chi connectivity index (χ0) is 22.9. The molecule has 162 valence electrons. The van der Waals surface area contributed by atoms with Gasteiger partial charge < -0.3 is 0 Å². The van der Waals surface area contributed by atoms with Gasteiger partial charge in [0.05, 0.1) is 11.1 Å². The molecule has 1 heteroatoms. The maximum absolute atomic E-state index is 4.68. The molecule has 0 N–H and O–H groups in total. The van der Waals surface area contributed by atoms with Gasteiger partial charge >= 0.3 is 0 Å². The average molecular weight is 436 g/mol. The van der Waals surface area contributed by atoms with Gasteiger partial charge in [-0.25, -0.2) is 0 Å². The van der Waals surface area contributed by atoms with Crippen LogP contribution in [0.1, 0.15) is 47.2 Å². The number of pyridine rings is 1. The highest BCUT2D eigenvalue weighted by molar-refractivity contribution is 5.88. The minimum absolute atomic E-state index is 0.105. The lowest BCUT2D eigenvalue weighted by Crippen LogP contribution is -2.40. The number of hydrogen-bond donors (Lipinski definition) is 0. The summed E-state index contributed by atoms with van der Waals surface area (Å²) in [5.41, 5.74) is 12.7. The molecule has 2 aliphatic rings. The Kier molecular flexibility index (Phi) is 3.88. The second-order valence-corrected chi connectivity index (χ2v) is 9.99. The van der Waals surface area contributed by atoms with Crippen molar-refractivity contribution < 1.29 is 0 Å². The van der Waals surface area contributed by atoms with Crippen molar-refractivity contribution >= 4 is 0 Å². The Balaban J connectivity index is 1.68. The second-order valence-electron chi connectivity index (χ2n) is 9.99. The summed E-state index contributed by atoms with van der Waals surface area (Å²) in [4.78, 5) is 4.68. The molecule has 0 atom stereocenters. The molecule has 0 unspecified atom stereocenters. The topological polar surface area (TPSA) is 12.9 Å². The van der Waals surface area contributed by atoms with Crippen molar-refractivity contribution in [3.8, 4) is 22.4 Å². The molecular weight excluding hydrogens is 410 g/mol. The summed E-state index contributed by atoms with van der Waals surface area (Å²) >= 11 is 0. The molecule has 1 aromatic heterocycles. The van der Waals surface area contributed by atoms with E-state index in [1.807, 2.05) is 12.3 Å². The van der Waals surface area contributed by atoms with E-state index in [0.717, 1.165) is 11.3 Å². The number of hydrogen-bond acceptors (Lipinski definition) is 1. The summed E-state index contributed by atoms with van der Waals surface area (Å²) in [6.07, 6.45) is 1.88. The zero-order valence-electron chi connectivity index (χ0n) is 19.4. The van der Waals surface area contributed by atoms with Crippen LogP contribution in [0, 0.1) is 0 Å². The Labute approximate surface area is 200 Å². The molecule has 1 nitrogen and oxygen atoms in total. The Morgan fingerprint density at radius 3 is 1.71 bits per heavy atom. The standard InChI is InChI=1S/C33H25N/c1-32(2)27-15-7-8-16-29(27)33(25-13-5-3-11-23(25)24-12-4-6-14-26(24)33)30-21-22(18-19-28(30)32)31-17-9-10-20-34-31/h3-21H,1-2H3. The molecule has 0 fully saturated rings. The van der Waals surface area contributed by atoms with E-state index in [1.54, 1.807) is 0 Å². The molecule has 1 heterocycles. The lowest BCUT2D eigenvalue weighted by molar-refractivity contribution is 0.563. The quantitative estimate of drug-likeness (QED) is 0.257. The van der Waals surface area contributed by atoms with Crippen LogP contribution in [0.3, 0.4) is 0 Å². The minimum Gasteiger partial charge on any atom is -0.256 e. The van der Waals surface area contributed by atoms with E-state index in [2.05, 4.69) is 122 Å². The van der Waals surface area contributed by atoms with Crippen molar-refractivity contribution in [2.75, 3.05) is 0 Å². The summed E-state index contributed by atoms with van der Waals surface area (Å²) in [7, 11) is 0. The SMILES string of the molecule is CC1(C)c2ccccc2C2(c3ccccc3-c3ccccc32)c2cc(-c3ccccn3)ccc21. The van der Waals surface area contributed by atoms with Crippen LogP contribution in [-0.2, 0) is 10.8 Å². The van der Waals surface area contributed by atoms with Crippen LogP contribution in [-0.4, -0.2) is 4.98 Å². The zero-order valence-corrected chi connectivity index (χ0v) is 19.4. The van der Waals surface area contributed by atoms with Crippen molar-refractivity contribution in [1.82, 2.24) is 4.98 Å². The molecule has 7 rings (SSSR count). The number of fused-ring (bicyclic) bond motifs is 9. The number of benzene rings is 4. The van der Waals surface area contributed by atoms with Crippen LogP contribution in [0.25, 0.3) is 22.4 Å². The predicted molar refractivity (Wildman–Crippen MR) is 139 cm³/mol. The van der Waals surface area contributed by atoms with E-state index in [9.17, 15) is 0 Å². The molecule has 4 aromatic carbocycles. The molecule has 2 aliphatic carbocycles. The molecule has 0 radical (unpaired) electrons. The van der Waals surface area contributed by atoms with Crippen LogP contribution < -0.4 is 0 Å². The molecule has 0 aliphatic heterocycles. The Bertz CT molecular complexity index is 1530. The van der Waals surface area contributed by atoms with E-state index in [0.29, 0.717) is 0 Å². The summed E-state index contributed by atoms with van der Waals surface area (Å²) in [5.74, 6) is 0. The van der Waals surface area contributed by atoms with E-state index < -0.39 is 0 Å². The van der Waals surface area contributed by atoms with Gasteiger partial charge in [-0.3, -0.25) is 4.98 Å². The summed E-state index contributed by atoms with van der Waals surface area (Å²) in [5, 5.41) is 0. The fourth-order valence-corrected chi connectivity index (χ4v) is 6.55. The van der Waals surface area contributed by atoms with Gasteiger partial charge in [0.1, 0.15) is 0 Å².